The summed E-state index contributed by atoms with van der Waals surface area (Å²) in [5.41, 5.74) is 8.70. The topological polar surface area (TPSA) is 108 Å². The van der Waals surface area contributed by atoms with Gasteiger partial charge in [0.15, 0.2) is 0 Å². The molecule has 0 radical (unpaired) electrons. The molecular formula is C27H23ClN6O2. The number of fused-ring (bicyclic) bond motifs is 1. The standard InChI is InChI=1S/C27H23ClN6O2/c1-16(32-25-20(15-31-27(29)33-25)18-11-12-23(36-2)30-14-18)22-13-17-7-6-10-21(28)24(17)26(35)34(22)19-8-4-3-5-9-19/h3-16H,1-2H3,(H3,29,31,32,33). The summed E-state index contributed by atoms with van der Waals surface area (Å²) >= 11 is 6.44. The summed E-state index contributed by atoms with van der Waals surface area (Å²) in [7, 11) is 1.56. The lowest BCUT2D eigenvalue weighted by atomic mass is 10.1. The zero-order valence-electron chi connectivity index (χ0n) is 19.6. The van der Waals surface area contributed by atoms with Crippen LogP contribution in [0.3, 0.4) is 0 Å². The Morgan fingerprint density at radius 1 is 1.03 bits per heavy atom. The highest BCUT2D eigenvalue weighted by molar-refractivity contribution is 6.35. The molecule has 2 aromatic carbocycles. The molecule has 3 N–H and O–H groups in total. The number of methoxy groups -OCH3 is 1. The smallest absolute Gasteiger partial charge is 0.264 e. The van der Waals surface area contributed by atoms with E-state index in [4.69, 9.17) is 22.1 Å². The normalized spacial score (nSPS) is 11.9. The maximum absolute atomic E-state index is 13.7. The Balaban J connectivity index is 1.64. The van der Waals surface area contributed by atoms with Crippen LogP contribution in [0.2, 0.25) is 5.02 Å². The lowest BCUT2D eigenvalue weighted by Crippen LogP contribution is -2.26. The average molecular weight is 499 g/mol. The van der Waals surface area contributed by atoms with Crippen LogP contribution in [0.15, 0.2) is 83.9 Å². The minimum Gasteiger partial charge on any atom is -0.481 e. The summed E-state index contributed by atoms with van der Waals surface area (Å²) in [6.07, 6.45) is 3.33. The maximum atomic E-state index is 13.7. The molecule has 5 rings (SSSR count). The number of nitrogens with two attached hydrogens (primary N) is 1. The number of benzene rings is 2. The molecule has 0 spiro atoms. The van der Waals surface area contributed by atoms with Gasteiger partial charge in [-0.2, -0.15) is 4.98 Å². The van der Waals surface area contributed by atoms with Gasteiger partial charge >= 0.3 is 0 Å². The number of ether oxygens (including phenoxy) is 1. The third-order valence-corrected chi connectivity index (χ3v) is 6.21. The summed E-state index contributed by atoms with van der Waals surface area (Å²) in [5, 5.41) is 5.06. The number of nitrogen functional groups attached to an aromatic ring is 1. The number of nitrogens with zero attached hydrogens (tertiary/aromatic N) is 4. The number of rotatable bonds is 6. The van der Waals surface area contributed by atoms with Gasteiger partial charge in [-0.3, -0.25) is 9.36 Å². The molecule has 0 bridgehead atoms. The molecule has 3 heterocycles. The first kappa shape index (κ1) is 23.3. The third-order valence-electron chi connectivity index (χ3n) is 5.90. The zero-order valence-corrected chi connectivity index (χ0v) is 20.4. The summed E-state index contributed by atoms with van der Waals surface area (Å²) in [6, 6.07) is 20.1. The van der Waals surface area contributed by atoms with Crippen molar-refractivity contribution in [2.45, 2.75) is 13.0 Å². The molecule has 0 fully saturated rings. The number of aromatic nitrogens is 4. The Kier molecular flexibility index (Phi) is 6.26. The van der Waals surface area contributed by atoms with Crippen molar-refractivity contribution in [3.63, 3.8) is 0 Å². The van der Waals surface area contributed by atoms with Gasteiger partial charge in [0, 0.05) is 41.0 Å². The van der Waals surface area contributed by atoms with Gasteiger partial charge in [0.25, 0.3) is 5.56 Å². The molecule has 0 aliphatic carbocycles. The molecule has 1 unspecified atom stereocenters. The number of pyridine rings is 2. The van der Waals surface area contributed by atoms with E-state index in [2.05, 4.69) is 20.3 Å². The van der Waals surface area contributed by atoms with Crippen LogP contribution >= 0.6 is 11.6 Å². The minimum absolute atomic E-state index is 0.126. The fraction of sp³-hybridized carbons (Fsp3) is 0.111. The minimum atomic E-state index is -0.347. The Morgan fingerprint density at radius 3 is 2.56 bits per heavy atom. The fourth-order valence-corrected chi connectivity index (χ4v) is 4.42. The Labute approximate surface area is 212 Å². The number of hydrogen-bond donors (Lipinski definition) is 2. The summed E-state index contributed by atoms with van der Waals surface area (Å²) < 4.78 is 6.84. The van der Waals surface area contributed by atoms with Gasteiger partial charge in [0.2, 0.25) is 11.8 Å². The van der Waals surface area contributed by atoms with Gasteiger partial charge in [0.05, 0.1) is 23.6 Å². The molecule has 0 saturated carbocycles. The van der Waals surface area contributed by atoms with E-state index in [-0.39, 0.29) is 17.5 Å². The van der Waals surface area contributed by atoms with E-state index < -0.39 is 0 Å². The van der Waals surface area contributed by atoms with E-state index in [0.717, 1.165) is 22.3 Å². The van der Waals surface area contributed by atoms with Crippen molar-refractivity contribution in [2.75, 3.05) is 18.2 Å². The molecule has 0 aliphatic rings. The van der Waals surface area contributed by atoms with Crippen LogP contribution in [0.5, 0.6) is 5.88 Å². The van der Waals surface area contributed by atoms with Gasteiger partial charge in [0.1, 0.15) is 5.82 Å². The van der Waals surface area contributed by atoms with Crippen LogP contribution in [0.4, 0.5) is 11.8 Å². The van der Waals surface area contributed by atoms with Crippen molar-refractivity contribution in [1.82, 2.24) is 19.5 Å². The van der Waals surface area contributed by atoms with Crippen LogP contribution in [-0.2, 0) is 0 Å². The fourth-order valence-electron chi connectivity index (χ4n) is 4.16. The van der Waals surface area contributed by atoms with E-state index in [1.807, 2.05) is 61.5 Å². The summed E-state index contributed by atoms with van der Waals surface area (Å²) in [6.45, 7) is 1.96. The third kappa shape index (κ3) is 4.34. The predicted molar refractivity (Wildman–Crippen MR) is 143 cm³/mol. The number of nitrogens with one attached hydrogen (secondary N) is 1. The molecule has 180 valence electrons. The van der Waals surface area contributed by atoms with Crippen molar-refractivity contribution in [1.29, 1.82) is 0 Å². The SMILES string of the molecule is COc1ccc(-c2cnc(N)nc2NC(C)c2cc3cccc(Cl)c3c(=O)n2-c2ccccc2)cn1. The Hall–Kier alpha value is -4.43. The first-order chi connectivity index (χ1) is 17.5. The number of hydrogen-bond acceptors (Lipinski definition) is 7. The first-order valence-electron chi connectivity index (χ1n) is 11.3. The molecular weight excluding hydrogens is 476 g/mol. The van der Waals surface area contributed by atoms with E-state index >= 15 is 0 Å². The first-order valence-corrected chi connectivity index (χ1v) is 11.6. The highest BCUT2D eigenvalue weighted by atomic mass is 35.5. The quantitative estimate of drug-likeness (QED) is 0.328. The van der Waals surface area contributed by atoms with Crippen LogP contribution < -0.4 is 21.3 Å². The number of halogens is 1. The predicted octanol–water partition coefficient (Wildman–Crippen LogP) is 5.26. The van der Waals surface area contributed by atoms with Gasteiger partial charge in [-0.1, -0.05) is 41.9 Å². The van der Waals surface area contributed by atoms with Gasteiger partial charge in [-0.05, 0) is 42.6 Å². The van der Waals surface area contributed by atoms with Gasteiger partial charge < -0.3 is 15.8 Å². The van der Waals surface area contributed by atoms with Crippen LogP contribution in [0.25, 0.3) is 27.6 Å². The van der Waals surface area contributed by atoms with Gasteiger partial charge in [-0.25, -0.2) is 9.97 Å². The Bertz CT molecular complexity index is 1600. The lowest BCUT2D eigenvalue weighted by Gasteiger charge is -2.22. The van der Waals surface area contributed by atoms with Crippen molar-refractivity contribution >= 4 is 34.1 Å². The van der Waals surface area contributed by atoms with Gasteiger partial charge in [-0.15, -0.1) is 0 Å². The van der Waals surface area contributed by atoms with Crippen molar-refractivity contribution in [2.24, 2.45) is 0 Å². The van der Waals surface area contributed by atoms with E-state index in [1.54, 1.807) is 36.2 Å². The van der Waals surface area contributed by atoms with Crippen LogP contribution in [0, 0.1) is 0 Å². The molecule has 36 heavy (non-hydrogen) atoms. The van der Waals surface area contributed by atoms with E-state index in [9.17, 15) is 4.79 Å². The number of para-hydroxylation sites is 1. The average Bonchev–Trinajstić information content (AvgIpc) is 2.89. The second kappa shape index (κ2) is 9.67. The van der Waals surface area contributed by atoms with Crippen LogP contribution in [-0.4, -0.2) is 26.6 Å². The molecule has 0 amide bonds. The number of anilines is 2. The Morgan fingerprint density at radius 2 is 1.83 bits per heavy atom. The highest BCUT2D eigenvalue weighted by Crippen LogP contribution is 2.31. The van der Waals surface area contributed by atoms with Crippen molar-refractivity contribution in [3.05, 3.63) is 100 Å². The van der Waals surface area contributed by atoms with Crippen molar-refractivity contribution < 1.29 is 4.74 Å². The van der Waals surface area contributed by atoms with Crippen molar-refractivity contribution in [3.8, 4) is 22.7 Å². The second-order valence-electron chi connectivity index (χ2n) is 8.20. The highest BCUT2D eigenvalue weighted by Gasteiger charge is 2.20. The van der Waals surface area contributed by atoms with E-state index in [0.29, 0.717) is 27.7 Å². The molecule has 3 aromatic heterocycles. The maximum Gasteiger partial charge on any atom is 0.264 e. The lowest BCUT2D eigenvalue weighted by molar-refractivity contribution is 0.398. The molecule has 5 aromatic rings. The van der Waals surface area contributed by atoms with E-state index in [1.165, 1.54) is 0 Å². The molecule has 9 heteroatoms. The monoisotopic (exact) mass is 498 g/mol. The van der Waals surface area contributed by atoms with Crippen LogP contribution in [0.1, 0.15) is 18.7 Å². The molecule has 0 saturated heterocycles. The molecule has 0 aliphatic heterocycles. The summed E-state index contributed by atoms with van der Waals surface area (Å²) in [5.74, 6) is 1.14. The molecule has 1 atom stereocenters. The largest absolute Gasteiger partial charge is 0.481 e. The molecule has 8 nitrogen and oxygen atoms in total. The second-order valence-corrected chi connectivity index (χ2v) is 8.60. The zero-order chi connectivity index (χ0) is 25.2. The summed E-state index contributed by atoms with van der Waals surface area (Å²) in [4.78, 5) is 26.6.